The van der Waals surface area contributed by atoms with Gasteiger partial charge in [0.05, 0.1) is 12.2 Å². The monoisotopic (exact) mass is 400 g/mol. The molecule has 1 heterocycles. The van der Waals surface area contributed by atoms with Crippen molar-refractivity contribution in [2.75, 3.05) is 18.5 Å². The van der Waals surface area contributed by atoms with Gasteiger partial charge >= 0.3 is 11.9 Å². The van der Waals surface area contributed by atoms with Gasteiger partial charge in [0.1, 0.15) is 5.69 Å². The second-order valence-electron chi connectivity index (χ2n) is 6.90. The number of H-pyrrole nitrogens is 1. The number of amides is 1. The highest BCUT2D eigenvalue weighted by molar-refractivity contribution is 5.99. The third-order valence-corrected chi connectivity index (χ3v) is 4.83. The number of carbonyl (C=O) groups is 3. The van der Waals surface area contributed by atoms with Gasteiger partial charge in [0.15, 0.2) is 6.61 Å². The van der Waals surface area contributed by atoms with Crippen LogP contribution in [0.5, 0.6) is 0 Å². The van der Waals surface area contributed by atoms with Gasteiger partial charge in [-0.2, -0.15) is 0 Å². The molecule has 0 saturated carbocycles. The van der Waals surface area contributed by atoms with Gasteiger partial charge in [0.25, 0.3) is 5.91 Å². The number of aromatic nitrogens is 1. The number of anilines is 1. The Balaban J connectivity index is 1.96. The van der Waals surface area contributed by atoms with Crippen molar-refractivity contribution in [1.82, 2.24) is 4.98 Å². The van der Waals surface area contributed by atoms with Crippen molar-refractivity contribution in [2.45, 2.75) is 47.0 Å². The maximum Gasteiger partial charge on any atom is 0.355 e. The maximum absolute atomic E-state index is 12.3. The summed E-state index contributed by atoms with van der Waals surface area (Å²) >= 11 is 0. The Morgan fingerprint density at radius 2 is 1.69 bits per heavy atom. The lowest BCUT2D eigenvalue weighted by Crippen LogP contribution is -2.21. The van der Waals surface area contributed by atoms with E-state index in [0.29, 0.717) is 28.4 Å². The second-order valence-corrected chi connectivity index (χ2v) is 6.90. The molecule has 0 bridgehead atoms. The number of carbonyl (C=O) groups excluding carboxylic acids is 3. The van der Waals surface area contributed by atoms with E-state index in [2.05, 4.69) is 24.1 Å². The van der Waals surface area contributed by atoms with Crippen LogP contribution in [0.25, 0.3) is 0 Å². The predicted octanol–water partition coefficient (Wildman–Crippen LogP) is 4.12. The fourth-order valence-corrected chi connectivity index (χ4v) is 2.99. The fraction of sp³-hybridized carbons (Fsp3) is 0.409. The summed E-state index contributed by atoms with van der Waals surface area (Å²) in [7, 11) is 0. The van der Waals surface area contributed by atoms with Crippen molar-refractivity contribution in [3.8, 4) is 0 Å². The molecule has 1 aromatic carbocycles. The van der Waals surface area contributed by atoms with E-state index >= 15 is 0 Å². The summed E-state index contributed by atoms with van der Waals surface area (Å²) in [6.07, 6.45) is 1.04. The maximum atomic E-state index is 12.3. The molecule has 0 aliphatic rings. The number of ether oxygens (including phenoxy) is 2. The first kappa shape index (κ1) is 22.2. The van der Waals surface area contributed by atoms with Crippen molar-refractivity contribution in [3.63, 3.8) is 0 Å². The van der Waals surface area contributed by atoms with E-state index in [1.165, 1.54) is 5.56 Å². The molecule has 29 heavy (non-hydrogen) atoms. The van der Waals surface area contributed by atoms with Crippen LogP contribution >= 0.6 is 0 Å². The van der Waals surface area contributed by atoms with E-state index in [4.69, 9.17) is 9.47 Å². The molecule has 2 aromatic rings. The Bertz CT molecular complexity index is 883. The summed E-state index contributed by atoms with van der Waals surface area (Å²) in [5, 5.41) is 2.70. The zero-order valence-electron chi connectivity index (χ0n) is 17.5. The van der Waals surface area contributed by atoms with Crippen LogP contribution in [-0.2, 0) is 14.3 Å². The van der Waals surface area contributed by atoms with E-state index in [1.54, 1.807) is 20.8 Å². The first-order chi connectivity index (χ1) is 13.8. The summed E-state index contributed by atoms with van der Waals surface area (Å²) in [5.74, 6) is -1.20. The van der Waals surface area contributed by atoms with Crippen LogP contribution < -0.4 is 5.32 Å². The van der Waals surface area contributed by atoms with Gasteiger partial charge in [0, 0.05) is 11.4 Å². The van der Waals surface area contributed by atoms with E-state index in [0.717, 1.165) is 6.42 Å². The van der Waals surface area contributed by atoms with Crippen LogP contribution in [0.15, 0.2) is 24.3 Å². The minimum absolute atomic E-state index is 0.135. The molecule has 7 nitrogen and oxygen atoms in total. The summed E-state index contributed by atoms with van der Waals surface area (Å²) in [4.78, 5) is 39.3. The molecule has 2 N–H and O–H groups in total. The standard InChI is InChI=1S/C22H28N2O5/c1-6-13(3)16-8-10-17(11-9-16)24-18(25)12-29-22(27)20-14(4)19(15(5)23-20)21(26)28-7-2/h8-11,13,23H,6-7,12H2,1-5H3,(H,24,25)/t13-/m1/s1. The molecule has 0 aliphatic heterocycles. The minimum Gasteiger partial charge on any atom is -0.462 e. The minimum atomic E-state index is -0.705. The Labute approximate surface area is 170 Å². The third-order valence-electron chi connectivity index (χ3n) is 4.83. The number of aromatic amines is 1. The number of rotatable bonds is 8. The molecular weight excluding hydrogens is 372 g/mol. The Morgan fingerprint density at radius 1 is 1.03 bits per heavy atom. The first-order valence-electron chi connectivity index (χ1n) is 9.71. The van der Waals surface area contributed by atoms with E-state index in [-0.39, 0.29) is 12.3 Å². The first-order valence-corrected chi connectivity index (χ1v) is 9.71. The van der Waals surface area contributed by atoms with Gasteiger partial charge in [-0.25, -0.2) is 9.59 Å². The molecule has 2 rings (SSSR count). The molecule has 0 spiro atoms. The fourth-order valence-electron chi connectivity index (χ4n) is 2.99. The van der Waals surface area contributed by atoms with E-state index in [1.807, 2.05) is 24.3 Å². The van der Waals surface area contributed by atoms with Gasteiger partial charge in [-0.05, 0) is 56.4 Å². The number of hydrogen-bond acceptors (Lipinski definition) is 5. The van der Waals surface area contributed by atoms with Gasteiger partial charge in [-0.15, -0.1) is 0 Å². The number of benzene rings is 1. The van der Waals surface area contributed by atoms with Crippen LogP contribution in [0.1, 0.15) is 70.8 Å². The number of nitrogens with one attached hydrogen (secondary N) is 2. The molecule has 0 radical (unpaired) electrons. The zero-order chi connectivity index (χ0) is 21.6. The highest BCUT2D eigenvalue weighted by Gasteiger charge is 2.24. The number of esters is 2. The SMILES string of the molecule is CCOC(=O)c1c(C)[nH]c(C(=O)OCC(=O)Nc2ccc([C@H](C)CC)cc2)c1C. The predicted molar refractivity (Wildman–Crippen MR) is 110 cm³/mol. The zero-order valence-corrected chi connectivity index (χ0v) is 17.5. The van der Waals surface area contributed by atoms with E-state index < -0.39 is 24.5 Å². The van der Waals surface area contributed by atoms with Gasteiger partial charge in [-0.3, -0.25) is 4.79 Å². The molecule has 7 heteroatoms. The van der Waals surface area contributed by atoms with Crippen molar-refractivity contribution in [1.29, 1.82) is 0 Å². The Morgan fingerprint density at radius 3 is 2.28 bits per heavy atom. The molecule has 0 unspecified atom stereocenters. The molecule has 1 atom stereocenters. The van der Waals surface area contributed by atoms with Gasteiger partial charge in [-0.1, -0.05) is 26.0 Å². The van der Waals surface area contributed by atoms with Crippen LogP contribution in [0.2, 0.25) is 0 Å². The summed E-state index contributed by atoms with van der Waals surface area (Å²) in [5.41, 5.74) is 3.23. The highest BCUT2D eigenvalue weighted by Crippen LogP contribution is 2.21. The van der Waals surface area contributed by atoms with Crippen LogP contribution in [0.4, 0.5) is 5.69 Å². The average molecular weight is 400 g/mol. The quantitative estimate of drug-likeness (QED) is 0.650. The Kier molecular flexibility index (Phi) is 7.59. The van der Waals surface area contributed by atoms with Crippen LogP contribution in [0, 0.1) is 13.8 Å². The summed E-state index contributed by atoms with van der Waals surface area (Å²) in [6, 6.07) is 7.59. The molecule has 0 fully saturated rings. The van der Waals surface area contributed by atoms with Crippen molar-refractivity contribution >= 4 is 23.5 Å². The molecule has 1 amide bonds. The van der Waals surface area contributed by atoms with Crippen LogP contribution in [-0.4, -0.2) is 36.0 Å². The lowest BCUT2D eigenvalue weighted by molar-refractivity contribution is -0.119. The summed E-state index contributed by atoms with van der Waals surface area (Å²) in [6.45, 7) is 9.08. The molecular formula is C22H28N2O5. The topological polar surface area (TPSA) is 97.5 Å². The smallest absolute Gasteiger partial charge is 0.355 e. The number of hydrogen-bond donors (Lipinski definition) is 2. The largest absolute Gasteiger partial charge is 0.462 e. The van der Waals surface area contributed by atoms with Crippen molar-refractivity contribution in [2.24, 2.45) is 0 Å². The summed E-state index contributed by atoms with van der Waals surface area (Å²) < 4.78 is 10.1. The third kappa shape index (κ3) is 5.47. The molecule has 1 aromatic heterocycles. The molecule has 0 saturated heterocycles. The normalized spacial score (nSPS) is 11.6. The van der Waals surface area contributed by atoms with Crippen molar-refractivity contribution < 1.29 is 23.9 Å². The van der Waals surface area contributed by atoms with Gasteiger partial charge < -0.3 is 19.8 Å². The lowest BCUT2D eigenvalue weighted by atomic mass is 9.99. The average Bonchev–Trinajstić information content (AvgIpc) is 3.00. The Hall–Kier alpha value is -3.09. The van der Waals surface area contributed by atoms with Crippen LogP contribution in [0.3, 0.4) is 0 Å². The van der Waals surface area contributed by atoms with Crippen molar-refractivity contribution in [3.05, 3.63) is 52.3 Å². The molecule has 0 aliphatic carbocycles. The van der Waals surface area contributed by atoms with E-state index in [9.17, 15) is 14.4 Å². The van der Waals surface area contributed by atoms with Gasteiger partial charge in [0.2, 0.25) is 0 Å². The lowest BCUT2D eigenvalue weighted by Gasteiger charge is -2.10. The molecule has 156 valence electrons. The second kappa shape index (κ2) is 9.91. The highest BCUT2D eigenvalue weighted by atomic mass is 16.5. The number of aryl methyl sites for hydroxylation is 1.